The Bertz CT molecular complexity index is 871. The highest BCUT2D eigenvalue weighted by Crippen LogP contribution is 2.32. The fraction of sp³-hybridized carbons (Fsp3) is 0.625. The molecule has 0 amide bonds. The van der Waals surface area contributed by atoms with E-state index in [1.807, 2.05) is 0 Å². The summed E-state index contributed by atoms with van der Waals surface area (Å²) in [6.45, 7) is 10.7. The minimum Gasteiger partial charge on any atom is -0.369 e. The predicted octanol–water partition coefficient (Wildman–Crippen LogP) is 4.41. The van der Waals surface area contributed by atoms with Crippen molar-refractivity contribution in [3.8, 4) is 0 Å². The van der Waals surface area contributed by atoms with E-state index in [4.69, 9.17) is 0 Å². The van der Waals surface area contributed by atoms with Crippen LogP contribution in [0.25, 0.3) is 0 Å². The third-order valence-electron chi connectivity index (χ3n) is 6.55. The summed E-state index contributed by atoms with van der Waals surface area (Å²) in [4.78, 5) is 7.10. The van der Waals surface area contributed by atoms with Gasteiger partial charge in [-0.15, -0.1) is 0 Å². The van der Waals surface area contributed by atoms with Gasteiger partial charge in [0.2, 0.25) is 0 Å². The van der Waals surface area contributed by atoms with Gasteiger partial charge < -0.3 is 4.90 Å². The molecule has 0 radical (unpaired) electrons. The van der Waals surface area contributed by atoms with Crippen molar-refractivity contribution in [2.45, 2.75) is 51.9 Å². The largest absolute Gasteiger partial charge is 0.416 e. The van der Waals surface area contributed by atoms with Gasteiger partial charge in [0, 0.05) is 56.7 Å². The maximum absolute atomic E-state index is 13.1. The van der Waals surface area contributed by atoms with Crippen molar-refractivity contribution in [1.29, 1.82) is 0 Å². The maximum Gasteiger partial charge on any atom is 0.416 e. The van der Waals surface area contributed by atoms with Gasteiger partial charge in [-0.05, 0) is 56.0 Å². The molecule has 1 aromatic carbocycles. The van der Waals surface area contributed by atoms with E-state index in [1.54, 1.807) is 6.07 Å². The lowest BCUT2D eigenvalue weighted by Crippen LogP contribution is -2.55. The van der Waals surface area contributed by atoms with Crippen molar-refractivity contribution in [3.63, 3.8) is 0 Å². The number of aromatic nitrogens is 2. The number of nitrogens with one attached hydrogen (secondary N) is 1. The Balaban J connectivity index is 1.29. The Morgan fingerprint density at radius 1 is 1.09 bits per heavy atom. The number of likely N-dealkylation sites (tertiary alicyclic amines) is 1. The predicted molar refractivity (Wildman–Crippen MR) is 121 cm³/mol. The molecule has 0 unspecified atom stereocenters. The van der Waals surface area contributed by atoms with Crippen LogP contribution in [0.15, 0.2) is 30.3 Å². The number of alkyl halides is 3. The molecule has 32 heavy (non-hydrogen) atoms. The molecule has 4 rings (SSSR count). The lowest BCUT2D eigenvalue weighted by Gasteiger charge is -2.44. The van der Waals surface area contributed by atoms with E-state index in [-0.39, 0.29) is 0 Å². The number of piperidine rings is 1. The van der Waals surface area contributed by atoms with Gasteiger partial charge in [0.05, 0.1) is 11.3 Å². The molecule has 0 aliphatic carbocycles. The number of piperazine rings is 1. The van der Waals surface area contributed by atoms with Crippen LogP contribution >= 0.6 is 0 Å². The minimum absolute atomic E-state index is 0.505. The standard InChI is InChI=1S/C24H34F3N5/c1-18(2)13-20-15-21(29-28-20)16-30-8-4-7-23(17-30)32-11-9-31(10-12-32)22-6-3-5-19(14-22)24(25,26)27/h3,5-6,14-15,18,23H,4,7-13,16-17H2,1-2H3,(H,28,29)/t23-/m1/s1. The molecule has 176 valence electrons. The summed E-state index contributed by atoms with van der Waals surface area (Å²) in [5.41, 5.74) is 2.40. The second-order valence-electron chi connectivity index (χ2n) is 9.58. The second-order valence-corrected chi connectivity index (χ2v) is 9.58. The normalized spacial score (nSPS) is 21.4. The molecule has 0 bridgehead atoms. The summed E-state index contributed by atoms with van der Waals surface area (Å²) in [5, 5.41) is 7.65. The van der Waals surface area contributed by atoms with Crippen LogP contribution < -0.4 is 4.90 Å². The van der Waals surface area contributed by atoms with E-state index in [2.05, 4.69) is 44.8 Å². The van der Waals surface area contributed by atoms with Gasteiger partial charge >= 0.3 is 6.18 Å². The van der Waals surface area contributed by atoms with Crippen LogP contribution in [0, 0.1) is 5.92 Å². The van der Waals surface area contributed by atoms with Gasteiger partial charge in [0.1, 0.15) is 0 Å². The van der Waals surface area contributed by atoms with E-state index in [0.717, 1.165) is 64.0 Å². The molecule has 1 aromatic heterocycles. The van der Waals surface area contributed by atoms with Gasteiger partial charge in [-0.2, -0.15) is 18.3 Å². The summed E-state index contributed by atoms with van der Waals surface area (Å²) in [6.07, 6.45) is -0.948. The number of rotatable bonds is 6. The molecule has 3 heterocycles. The molecule has 1 atom stereocenters. The van der Waals surface area contributed by atoms with Crippen molar-refractivity contribution in [1.82, 2.24) is 20.0 Å². The first-order chi connectivity index (χ1) is 15.3. The molecule has 1 N–H and O–H groups in total. The molecule has 0 saturated carbocycles. The molecule has 8 heteroatoms. The minimum atomic E-state index is -4.30. The van der Waals surface area contributed by atoms with E-state index in [9.17, 15) is 13.2 Å². The van der Waals surface area contributed by atoms with Gasteiger partial charge in [-0.25, -0.2) is 0 Å². The fourth-order valence-corrected chi connectivity index (χ4v) is 4.95. The van der Waals surface area contributed by atoms with Crippen LogP contribution in [0.1, 0.15) is 43.6 Å². The van der Waals surface area contributed by atoms with Crippen LogP contribution in [0.3, 0.4) is 0 Å². The molecule has 5 nitrogen and oxygen atoms in total. The zero-order valence-corrected chi connectivity index (χ0v) is 19.0. The zero-order chi connectivity index (χ0) is 22.7. The molecular weight excluding hydrogens is 415 g/mol. The Morgan fingerprint density at radius 3 is 2.59 bits per heavy atom. The lowest BCUT2D eigenvalue weighted by atomic mass is 10.0. The number of halogens is 3. The number of anilines is 1. The summed E-state index contributed by atoms with van der Waals surface area (Å²) in [7, 11) is 0. The molecule has 2 aliphatic rings. The van der Waals surface area contributed by atoms with Crippen molar-refractivity contribution in [2.24, 2.45) is 5.92 Å². The molecule has 2 aromatic rings. The molecule has 2 fully saturated rings. The van der Waals surface area contributed by atoms with Crippen molar-refractivity contribution in [3.05, 3.63) is 47.3 Å². The lowest BCUT2D eigenvalue weighted by molar-refractivity contribution is -0.137. The molecule has 2 saturated heterocycles. The topological polar surface area (TPSA) is 38.4 Å². The fourth-order valence-electron chi connectivity index (χ4n) is 4.95. The van der Waals surface area contributed by atoms with E-state index < -0.39 is 11.7 Å². The summed E-state index contributed by atoms with van der Waals surface area (Å²) in [5.74, 6) is 0.597. The summed E-state index contributed by atoms with van der Waals surface area (Å²) in [6, 6.07) is 8.40. The first kappa shape index (κ1) is 23.1. The van der Waals surface area contributed by atoms with E-state index in [0.29, 0.717) is 17.6 Å². The Kier molecular flexibility index (Phi) is 7.10. The number of hydrogen-bond acceptors (Lipinski definition) is 4. The van der Waals surface area contributed by atoms with Crippen LogP contribution in [0.2, 0.25) is 0 Å². The number of hydrogen-bond donors (Lipinski definition) is 1. The average Bonchev–Trinajstić information content (AvgIpc) is 3.19. The molecule has 2 aliphatic heterocycles. The average molecular weight is 450 g/mol. The highest BCUT2D eigenvalue weighted by Gasteiger charge is 2.32. The smallest absolute Gasteiger partial charge is 0.369 e. The van der Waals surface area contributed by atoms with Gasteiger partial charge in [-0.3, -0.25) is 14.9 Å². The number of benzene rings is 1. The number of aromatic amines is 1. The van der Waals surface area contributed by atoms with Crippen LogP contribution in [0.5, 0.6) is 0 Å². The zero-order valence-electron chi connectivity index (χ0n) is 19.0. The maximum atomic E-state index is 13.1. The Labute approximate surface area is 188 Å². The SMILES string of the molecule is CC(C)Cc1cc(CN2CCC[C@@H](N3CCN(c4cccc(C(F)(F)F)c4)CC3)C2)[nH]n1. The number of H-pyrrole nitrogens is 1. The van der Waals surface area contributed by atoms with E-state index >= 15 is 0 Å². The van der Waals surface area contributed by atoms with Gasteiger partial charge in [-0.1, -0.05) is 19.9 Å². The van der Waals surface area contributed by atoms with Gasteiger partial charge in [0.25, 0.3) is 0 Å². The summed E-state index contributed by atoms with van der Waals surface area (Å²) < 4.78 is 39.2. The molecule has 0 spiro atoms. The van der Waals surface area contributed by atoms with Gasteiger partial charge in [0.15, 0.2) is 0 Å². The monoisotopic (exact) mass is 449 g/mol. The third-order valence-corrected chi connectivity index (χ3v) is 6.55. The van der Waals surface area contributed by atoms with Crippen LogP contribution in [-0.4, -0.2) is 65.3 Å². The highest BCUT2D eigenvalue weighted by atomic mass is 19.4. The highest BCUT2D eigenvalue weighted by molar-refractivity contribution is 5.49. The first-order valence-electron chi connectivity index (χ1n) is 11.7. The quantitative estimate of drug-likeness (QED) is 0.709. The molecular formula is C24H34F3N5. The van der Waals surface area contributed by atoms with Crippen molar-refractivity contribution < 1.29 is 13.2 Å². The second kappa shape index (κ2) is 9.83. The van der Waals surface area contributed by atoms with Crippen molar-refractivity contribution >= 4 is 5.69 Å². The Morgan fingerprint density at radius 2 is 1.88 bits per heavy atom. The Hall–Kier alpha value is -2.06. The van der Waals surface area contributed by atoms with Crippen LogP contribution in [-0.2, 0) is 19.1 Å². The summed E-state index contributed by atoms with van der Waals surface area (Å²) >= 11 is 0. The van der Waals surface area contributed by atoms with Crippen LogP contribution in [0.4, 0.5) is 18.9 Å². The first-order valence-corrected chi connectivity index (χ1v) is 11.7. The van der Waals surface area contributed by atoms with E-state index in [1.165, 1.54) is 30.7 Å². The third kappa shape index (κ3) is 5.84. The van der Waals surface area contributed by atoms with Crippen molar-refractivity contribution in [2.75, 3.05) is 44.2 Å². The number of nitrogens with zero attached hydrogens (tertiary/aromatic N) is 4.